The molecular weight excluding hydrogens is 387 g/mol. The summed E-state index contributed by atoms with van der Waals surface area (Å²) in [7, 11) is 0. The van der Waals surface area contributed by atoms with Gasteiger partial charge in [0.1, 0.15) is 29.9 Å². The van der Waals surface area contributed by atoms with Gasteiger partial charge >= 0.3 is 0 Å². The zero-order valence-corrected chi connectivity index (χ0v) is 17.8. The molecule has 0 aliphatic carbocycles. The van der Waals surface area contributed by atoms with Crippen LogP contribution in [0, 0.1) is 24.1 Å². The van der Waals surface area contributed by atoms with E-state index in [1.807, 2.05) is 68.4 Å². The molecule has 0 aliphatic rings. The average molecular weight is 410 g/mol. The average Bonchev–Trinajstić information content (AvgIpc) is 2.79. The van der Waals surface area contributed by atoms with E-state index in [4.69, 9.17) is 9.72 Å². The number of nitriles is 1. The van der Waals surface area contributed by atoms with Gasteiger partial charge in [-0.1, -0.05) is 50.2 Å². The molecule has 3 nitrogen and oxygen atoms in total. The van der Waals surface area contributed by atoms with E-state index in [0.29, 0.717) is 23.6 Å². The Morgan fingerprint density at radius 1 is 1.00 bits per heavy atom. The minimum atomic E-state index is -0.239. The van der Waals surface area contributed by atoms with Crippen molar-refractivity contribution < 1.29 is 9.13 Å². The van der Waals surface area contributed by atoms with E-state index in [9.17, 15) is 9.65 Å². The molecule has 1 heterocycles. The van der Waals surface area contributed by atoms with Gasteiger partial charge in [0, 0.05) is 10.9 Å². The van der Waals surface area contributed by atoms with E-state index in [-0.39, 0.29) is 11.7 Å². The Balaban J connectivity index is 1.86. The molecule has 4 aromatic rings. The number of pyridine rings is 1. The SMILES string of the molecule is Cc1cc(-c2c(C(C)C)nc(C#N)c3cc(OCc4ccccc4)ccc23)ccc1F. The predicted molar refractivity (Wildman–Crippen MR) is 121 cm³/mol. The summed E-state index contributed by atoms with van der Waals surface area (Å²) < 4.78 is 19.9. The molecule has 0 atom stereocenters. The fraction of sp³-hybridized carbons (Fsp3) is 0.185. The quantitative estimate of drug-likeness (QED) is 0.359. The molecule has 0 fully saturated rings. The lowest BCUT2D eigenvalue weighted by molar-refractivity contribution is 0.306. The number of hydrogen-bond acceptors (Lipinski definition) is 3. The van der Waals surface area contributed by atoms with Crippen LogP contribution in [0.25, 0.3) is 21.9 Å². The molecular formula is C27H23FN2O. The van der Waals surface area contributed by atoms with Crippen LogP contribution in [0.5, 0.6) is 5.75 Å². The summed E-state index contributed by atoms with van der Waals surface area (Å²) in [5, 5.41) is 11.4. The Labute approximate surface area is 181 Å². The first kappa shape index (κ1) is 20.6. The van der Waals surface area contributed by atoms with Crippen LogP contribution in [0.15, 0.2) is 66.7 Å². The molecule has 0 unspecified atom stereocenters. The third-order valence-electron chi connectivity index (χ3n) is 5.35. The van der Waals surface area contributed by atoms with Gasteiger partial charge in [0.2, 0.25) is 0 Å². The molecule has 0 radical (unpaired) electrons. The highest BCUT2D eigenvalue weighted by atomic mass is 19.1. The van der Waals surface area contributed by atoms with Crippen molar-refractivity contribution in [3.05, 3.63) is 95.1 Å². The largest absolute Gasteiger partial charge is 0.489 e. The molecule has 4 rings (SSSR count). The minimum absolute atomic E-state index is 0.103. The lowest BCUT2D eigenvalue weighted by atomic mass is 9.91. The topological polar surface area (TPSA) is 45.9 Å². The van der Waals surface area contributed by atoms with Gasteiger partial charge in [-0.15, -0.1) is 0 Å². The molecule has 0 bridgehead atoms. The summed E-state index contributed by atoms with van der Waals surface area (Å²) in [4.78, 5) is 4.70. The number of aromatic nitrogens is 1. The summed E-state index contributed by atoms with van der Waals surface area (Å²) in [6.45, 7) is 6.29. The Morgan fingerprint density at radius 3 is 2.45 bits per heavy atom. The first-order valence-corrected chi connectivity index (χ1v) is 10.3. The van der Waals surface area contributed by atoms with E-state index < -0.39 is 0 Å². The molecule has 3 aromatic carbocycles. The number of fused-ring (bicyclic) bond motifs is 1. The standard InChI is InChI=1S/C27H23FN2O/c1-17(2)27-26(20-9-12-24(28)18(3)13-20)22-11-10-21(14-23(22)25(15-29)30-27)31-16-19-7-5-4-6-8-19/h4-14,17H,16H2,1-3H3. The zero-order valence-electron chi connectivity index (χ0n) is 17.8. The van der Waals surface area contributed by atoms with E-state index >= 15 is 0 Å². The van der Waals surface area contributed by atoms with E-state index in [2.05, 4.69) is 6.07 Å². The van der Waals surface area contributed by atoms with Crippen molar-refractivity contribution in [2.24, 2.45) is 0 Å². The molecule has 0 saturated heterocycles. The Bertz CT molecular complexity index is 1290. The lowest BCUT2D eigenvalue weighted by Crippen LogP contribution is -2.02. The van der Waals surface area contributed by atoms with Crippen LogP contribution >= 0.6 is 0 Å². The van der Waals surface area contributed by atoms with Gasteiger partial charge in [-0.3, -0.25) is 0 Å². The van der Waals surface area contributed by atoms with Gasteiger partial charge in [0.15, 0.2) is 0 Å². The van der Waals surface area contributed by atoms with Crippen LogP contribution in [0.2, 0.25) is 0 Å². The van der Waals surface area contributed by atoms with Gasteiger partial charge < -0.3 is 4.74 Å². The second-order valence-electron chi connectivity index (χ2n) is 7.93. The summed E-state index contributed by atoms with van der Waals surface area (Å²) in [6, 6.07) is 23.0. The molecule has 31 heavy (non-hydrogen) atoms. The zero-order chi connectivity index (χ0) is 22.0. The summed E-state index contributed by atoms with van der Waals surface area (Å²) in [5.74, 6) is 0.538. The van der Waals surface area contributed by atoms with Crippen LogP contribution in [-0.4, -0.2) is 4.98 Å². The number of hydrogen-bond donors (Lipinski definition) is 0. The van der Waals surface area contributed by atoms with Crippen LogP contribution in [0.1, 0.15) is 42.3 Å². The molecule has 4 heteroatoms. The van der Waals surface area contributed by atoms with Crippen LogP contribution in [0.3, 0.4) is 0 Å². The number of ether oxygens (including phenoxy) is 1. The van der Waals surface area contributed by atoms with Crippen molar-refractivity contribution in [3.8, 4) is 22.9 Å². The van der Waals surface area contributed by atoms with Crippen molar-refractivity contribution >= 4 is 10.8 Å². The Hall–Kier alpha value is -3.71. The van der Waals surface area contributed by atoms with Crippen molar-refractivity contribution in [1.82, 2.24) is 4.98 Å². The second kappa shape index (κ2) is 8.57. The minimum Gasteiger partial charge on any atom is -0.489 e. The maximum absolute atomic E-state index is 13.9. The van der Waals surface area contributed by atoms with Crippen LogP contribution in [0.4, 0.5) is 4.39 Å². The summed E-state index contributed by atoms with van der Waals surface area (Å²) in [5.41, 5.74) is 4.66. The number of rotatable bonds is 5. The fourth-order valence-electron chi connectivity index (χ4n) is 3.75. The highest BCUT2D eigenvalue weighted by Gasteiger charge is 2.19. The van der Waals surface area contributed by atoms with Crippen molar-refractivity contribution in [3.63, 3.8) is 0 Å². The molecule has 0 aliphatic heterocycles. The molecule has 154 valence electrons. The second-order valence-corrected chi connectivity index (χ2v) is 7.93. The lowest BCUT2D eigenvalue weighted by Gasteiger charge is -2.18. The normalized spacial score (nSPS) is 11.0. The first-order valence-electron chi connectivity index (χ1n) is 10.3. The van der Waals surface area contributed by atoms with E-state index in [1.165, 1.54) is 6.07 Å². The molecule has 0 saturated carbocycles. The fourth-order valence-corrected chi connectivity index (χ4v) is 3.75. The Morgan fingerprint density at radius 2 is 1.77 bits per heavy atom. The van der Waals surface area contributed by atoms with E-state index in [1.54, 1.807) is 13.0 Å². The first-order chi connectivity index (χ1) is 15.0. The number of aryl methyl sites for hydroxylation is 1. The number of benzene rings is 3. The van der Waals surface area contributed by atoms with Crippen molar-refractivity contribution in [2.45, 2.75) is 33.3 Å². The number of halogens is 1. The molecule has 0 amide bonds. The van der Waals surface area contributed by atoms with Crippen LogP contribution in [-0.2, 0) is 6.61 Å². The van der Waals surface area contributed by atoms with Crippen LogP contribution < -0.4 is 4.74 Å². The Kier molecular flexibility index (Phi) is 5.68. The summed E-state index contributed by atoms with van der Waals surface area (Å²) >= 11 is 0. The van der Waals surface area contributed by atoms with Gasteiger partial charge in [-0.2, -0.15) is 5.26 Å². The van der Waals surface area contributed by atoms with Crippen molar-refractivity contribution in [1.29, 1.82) is 5.26 Å². The van der Waals surface area contributed by atoms with Gasteiger partial charge in [-0.25, -0.2) is 9.37 Å². The van der Waals surface area contributed by atoms with Gasteiger partial charge in [-0.05, 0) is 65.3 Å². The molecule has 0 spiro atoms. The highest BCUT2D eigenvalue weighted by Crippen LogP contribution is 2.38. The monoisotopic (exact) mass is 410 g/mol. The maximum atomic E-state index is 13.9. The van der Waals surface area contributed by atoms with Crippen molar-refractivity contribution in [2.75, 3.05) is 0 Å². The maximum Gasteiger partial charge on any atom is 0.148 e. The highest BCUT2D eigenvalue weighted by molar-refractivity contribution is 6.00. The third-order valence-corrected chi connectivity index (χ3v) is 5.35. The molecule has 1 aromatic heterocycles. The van der Waals surface area contributed by atoms with Gasteiger partial charge in [0.25, 0.3) is 0 Å². The summed E-state index contributed by atoms with van der Waals surface area (Å²) in [6.07, 6.45) is 0. The van der Waals surface area contributed by atoms with E-state index in [0.717, 1.165) is 33.2 Å². The smallest absolute Gasteiger partial charge is 0.148 e. The predicted octanol–water partition coefficient (Wildman–Crippen LogP) is 6.92. The molecule has 0 N–H and O–H groups in total. The van der Waals surface area contributed by atoms with Gasteiger partial charge in [0.05, 0.1) is 5.69 Å². The third kappa shape index (κ3) is 4.13. The number of nitrogens with zero attached hydrogens (tertiary/aromatic N) is 2.